The van der Waals surface area contributed by atoms with Crippen LogP contribution in [0.1, 0.15) is 30.4 Å². The van der Waals surface area contributed by atoms with Crippen molar-refractivity contribution in [1.82, 2.24) is 10.2 Å². The van der Waals surface area contributed by atoms with Crippen molar-refractivity contribution in [1.29, 1.82) is 0 Å². The van der Waals surface area contributed by atoms with E-state index in [0.29, 0.717) is 19.7 Å². The monoisotopic (exact) mass is 478 g/mol. The Morgan fingerprint density at radius 3 is 2.20 bits per heavy atom. The van der Waals surface area contributed by atoms with Gasteiger partial charge in [0, 0.05) is 32.2 Å². The standard InChI is InChI=1S/C27H30N2O6/c1-2-34-16(11-24(30)29-13-21-22(14-29)25(21)26(31)32)12-28-27(33)35-15-23-19-9-5-3-7-17(19)18-8-4-6-10-20(18)23/h3-10,16,21-23,25H,2,11-15H2,1H3,(H,28,33)(H,31,32)/t16?,21-,22+,25?. The van der Waals surface area contributed by atoms with Crippen LogP contribution in [-0.4, -0.2) is 66.9 Å². The lowest BCUT2D eigenvalue weighted by atomic mass is 9.98. The summed E-state index contributed by atoms with van der Waals surface area (Å²) in [5.41, 5.74) is 4.63. The molecule has 2 amide bonds. The van der Waals surface area contributed by atoms with Gasteiger partial charge < -0.3 is 24.8 Å². The molecule has 0 aromatic heterocycles. The van der Waals surface area contributed by atoms with Gasteiger partial charge in [-0.15, -0.1) is 0 Å². The van der Waals surface area contributed by atoms with Crippen LogP contribution in [0.25, 0.3) is 11.1 Å². The summed E-state index contributed by atoms with van der Waals surface area (Å²) in [6.07, 6.45) is -0.884. The molecule has 2 aromatic carbocycles. The summed E-state index contributed by atoms with van der Waals surface area (Å²) in [5, 5.41) is 11.9. The van der Waals surface area contributed by atoms with E-state index in [0.717, 1.165) is 11.1 Å². The predicted molar refractivity (Wildman–Crippen MR) is 128 cm³/mol. The smallest absolute Gasteiger partial charge is 0.407 e. The lowest BCUT2D eigenvalue weighted by Crippen LogP contribution is -2.40. The van der Waals surface area contributed by atoms with Crippen LogP contribution in [-0.2, 0) is 19.1 Å². The van der Waals surface area contributed by atoms with Gasteiger partial charge in [0.05, 0.1) is 18.4 Å². The van der Waals surface area contributed by atoms with Crippen LogP contribution in [0.2, 0.25) is 0 Å². The normalized spacial score (nSPS) is 22.7. The van der Waals surface area contributed by atoms with Crippen LogP contribution in [0.4, 0.5) is 4.79 Å². The Bertz CT molecular complexity index is 1080. The van der Waals surface area contributed by atoms with Gasteiger partial charge in [-0.3, -0.25) is 9.59 Å². The van der Waals surface area contributed by atoms with Crippen LogP contribution in [0.5, 0.6) is 0 Å². The number of likely N-dealkylation sites (tertiary alicyclic amines) is 1. The number of hydrogen-bond donors (Lipinski definition) is 2. The maximum absolute atomic E-state index is 12.7. The van der Waals surface area contributed by atoms with Crippen LogP contribution in [0, 0.1) is 17.8 Å². The molecule has 3 aliphatic rings. The highest BCUT2D eigenvalue weighted by molar-refractivity contribution is 5.80. The fourth-order valence-corrected chi connectivity index (χ4v) is 5.69. The molecule has 35 heavy (non-hydrogen) atoms. The Hall–Kier alpha value is -3.39. The van der Waals surface area contributed by atoms with Crippen LogP contribution < -0.4 is 5.32 Å². The predicted octanol–water partition coefficient (Wildman–Crippen LogP) is 3.11. The molecule has 8 nitrogen and oxygen atoms in total. The van der Waals surface area contributed by atoms with E-state index >= 15 is 0 Å². The average molecular weight is 479 g/mol. The van der Waals surface area contributed by atoms with E-state index in [2.05, 4.69) is 29.6 Å². The highest BCUT2D eigenvalue weighted by Gasteiger charge is 2.60. The third-order valence-electron chi connectivity index (χ3n) is 7.45. The van der Waals surface area contributed by atoms with E-state index < -0.39 is 18.2 Å². The van der Waals surface area contributed by atoms with Gasteiger partial charge in [-0.25, -0.2) is 4.79 Å². The molecule has 2 aliphatic carbocycles. The van der Waals surface area contributed by atoms with Crippen molar-refractivity contribution in [3.8, 4) is 11.1 Å². The van der Waals surface area contributed by atoms with Crippen molar-refractivity contribution in [3.63, 3.8) is 0 Å². The van der Waals surface area contributed by atoms with E-state index in [1.54, 1.807) is 4.90 Å². The molecule has 0 bridgehead atoms. The third kappa shape index (κ3) is 4.62. The third-order valence-corrected chi connectivity index (χ3v) is 7.45. The van der Waals surface area contributed by atoms with Crippen molar-refractivity contribution < 1.29 is 29.0 Å². The summed E-state index contributed by atoms with van der Waals surface area (Å²) in [6.45, 7) is 3.61. The minimum Gasteiger partial charge on any atom is -0.481 e. The zero-order valence-electron chi connectivity index (χ0n) is 19.7. The number of carboxylic acid groups (broad SMARTS) is 1. The van der Waals surface area contributed by atoms with Crippen LogP contribution in [0.3, 0.4) is 0 Å². The Morgan fingerprint density at radius 2 is 1.63 bits per heavy atom. The maximum atomic E-state index is 12.7. The number of carbonyl (C=O) groups excluding carboxylic acids is 2. The first-order valence-electron chi connectivity index (χ1n) is 12.2. The minimum absolute atomic E-state index is 0.0198. The van der Waals surface area contributed by atoms with E-state index in [9.17, 15) is 14.4 Å². The fourth-order valence-electron chi connectivity index (χ4n) is 5.69. The quantitative estimate of drug-likeness (QED) is 0.574. The number of fused-ring (bicyclic) bond motifs is 4. The second-order valence-corrected chi connectivity index (χ2v) is 9.48. The molecule has 1 saturated carbocycles. The van der Waals surface area contributed by atoms with Crippen molar-refractivity contribution in [3.05, 3.63) is 59.7 Å². The highest BCUT2D eigenvalue weighted by Crippen LogP contribution is 2.51. The molecule has 2 unspecified atom stereocenters. The van der Waals surface area contributed by atoms with E-state index in [-0.39, 0.29) is 49.2 Å². The van der Waals surface area contributed by atoms with E-state index in [4.69, 9.17) is 14.6 Å². The SMILES string of the molecule is CCOC(CNC(=O)OCC1c2ccccc2-c2ccccc21)CC(=O)N1C[C@@H]2C(C(=O)O)[C@@H]2C1. The van der Waals surface area contributed by atoms with Crippen LogP contribution in [0.15, 0.2) is 48.5 Å². The molecule has 0 spiro atoms. The summed E-state index contributed by atoms with van der Waals surface area (Å²) in [6, 6.07) is 16.3. The van der Waals surface area contributed by atoms with Gasteiger partial charge in [-0.2, -0.15) is 0 Å². The van der Waals surface area contributed by atoms with Gasteiger partial charge in [-0.1, -0.05) is 48.5 Å². The second-order valence-electron chi connectivity index (χ2n) is 9.48. The zero-order chi connectivity index (χ0) is 24.5. The highest BCUT2D eigenvalue weighted by atomic mass is 16.5. The molecular formula is C27H30N2O6. The number of nitrogens with zero attached hydrogens (tertiary/aromatic N) is 1. The van der Waals surface area contributed by atoms with Crippen LogP contribution >= 0.6 is 0 Å². The first-order valence-corrected chi connectivity index (χ1v) is 12.2. The molecule has 5 rings (SSSR count). The van der Waals surface area contributed by atoms with Crippen molar-refractivity contribution in [2.24, 2.45) is 17.8 Å². The Kier molecular flexibility index (Phi) is 6.47. The topological polar surface area (TPSA) is 105 Å². The number of nitrogens with one attached hydrogen (secondary N) is 1. The molecule has 0 radical (unpaired) electrons. The second kappa shape index (κ2) is 9.70. The molecule has 2 N–H and O–H groups in total. The van der Waals surface area contributed by atoms with Gasteiger partial charge in [0.1, 0.15) is 6.61 Å². The number of ether oxygens (including phenoxy) is 2. The van der Waals surface area contributed by atoms with Gasteiger partial charge in [0.2, 0.25) is 5.91 Å². The van der Waals surface area contributed by atoms with E-state index in [1.807, 2.05) is 31.2 Å². The summed E-state index contributed by atoms with van der Waals surface area (Å²) in [4.78, 5) is 38.1. The number of hydrogen-bond acceptors (Lipinski definition) is 5. The van der Waals surface area contributed by atoms with Crippen molar-refractivity contribution in [2.75, 3.05) is 32.8 Å². The Labute approximate surface area is 204 Å². The number of carbonyl (C=O) groups is 3. The lowest BCUT2D eigenvalue weighted by Gasteiger charge is -2.23. The summed E-state index contributed by atoms with van der Waals surface area (Å²) in [5.74, 6) is -1.03. The molecule has 2 fully saturated rings. The van der Waals surface area contributed by atoms with Crippen molar-refractivity contribution in [2.45, 2.75) is 25.4 Å². The number of benzene rings is 2. The first-order chi connectivity index (χ1) is 17.0. The van der Waals surface area contributed by atoms with Gasteiger partial charge in [-0.05, 0) is 41.0 Å². The summed E-state index contributed by atoms with van der Waals surface area (Å²) < 4.78 is 11.2. The zero-order valence-corrected chi connectivity index (χ0v) is 19.7. The number of amides is 2. The van der Waals surface area contributed by atoms with Gasteiger partial charge >= 0.3 is 12.1 Å². The van der Waals surface area contributed by atoms with E-state index in [1.165, 1.54) is 11.1 Å². The molecule has 4 atom stereocenters. The molecule has 184 valence electrons. The fraction of sp³-hybridized carbons (Fsp3) is 0.444. The number of alkyl carbamates (subject to hydrolysis) is 1. The number of carboxylic acids is 1. The molecule has 8 heteroatoms. The van der Waals surface area contributed by atoms with Gasteiger partial charge in [0.15, 0.2) is 0 Å². The average Bonchev–Trinajstić information content (AvgIpc) is 3.20. The molecular weight excluding hydrogens is 448 g/mol. The maximum Gasteiger partial charge on any atom is 0.407 e. The summed E-state index contributed by atoms with van der Waals surface area (Å²) >= 11 is 0. The summed E-state index contributed by atoms with van der Waals surface area (Å²) in [7, 11) is 0. The largest absolute Gasteiger partial charge is 0.481 e. The Balaban J connectivity index is 1.11. The Morgan fingerprint density at radius 1 is 1.03 bits per heavy atom. The molecule has 1 aliphatic heterocycles. The van der Waals surface area contributed by atoms with Crippen molar-refractivity contribution >= 4 is 18.0 Å². The van der Waals surface area contributed by atoms with Gasteiger partial charge in [0.25, 0.3) is 0 Å². The number of piperidine rings is 1. The molecule has 1 heterocycles. The minimum atomic E-state index is -0.772. The number of rotatable bonds is 9. The molecule has 1 saturated heterocycles. The molecule has 2 aromatic rings. The lowest BCUT2D eigenvalue weighted by molar-refractivity contribution is -0.141. The first kappa shape index (κ1) is 23.4. The number of aliphatic carboxylic acids is 1.